The number of anilines is 1. The second-order valence-electron chi connectivity index (χ2n) is 5.10. The molecule has 0 atom stereocenters. The number of carbonyl (C=O) groups excluding carboxylic acids is 1. The van der Waals surface area contributed by atoms with Gasteiger partial charge in [-0.05, 0) is 61.0 Å². The van der Waals surface area contributed by atoms with E-state index >= 15 is 0 Å². The second kappa shape index (κ2) is 7.65. The van der Waals surface area contributed by atoms with Gasteiger partial charge in [0.2, 0.25) is 5.91 Å². The van der Waals surface area contributed by atoms with Gasteiger partial charge in [0.25, 0.3) is 0 Å². The van der Waals surface area contributed by atoms with Crippen molar-refractivity contribution in [2.45, 2.75) is 13.8 Å². The summed E-state index contributed by atoms with van der Waals surface area (Å²) in [5.74, 6) is -0.663. The summed E-state index contributed by atoms with van der Waals surface area (Å²) in [5.41, 5.74) is 3.71. The molecule has 0 bridgehead atoms. The molecule has 5 heteroatoms. The fraction of sp³-hybridized carbons (Fsp3) is 0.111. The van der Waals surface area contributed by atoms with Gasteiger partial charge in [0.05, 0.1) is 0 Å². The number of rotatable bonds is 3. The van der Waals surface area contributed by atoms with Gasteiger partial charge in [0, 0.05) is 11.8 Å². The lowest BCUT2D eigenvalue weighted by atomic mass is 10.1. The number of amides is 1. The number of hydrogen-bond acceptors (Lipinski definition) is 2. The van der Waals surface area contributed by atoms with Gasteiger partial charge in [-0.15, -0.1) is 0 Å². The molecule has 3 nitrogen and oxygen atoms in total. The van der Waals surface area contributed by atoms with Crippen LogP contribution >= 0.6 is 12.2 Å². The largest absolute Gasteiger partial charge is 0.332 e. The summed E-state index contributed by atoms with van der Waals surface area (Å²) >= 11 is 5.15. The Morgan fingerprint density at radius 1 is 1.09 bits per heavy atom. The summed E-state index contributed by atoms with van der Waals surface area (Å²) in [6.45, 7) is 3.93. The molecule has 118 valence electrons. The van der Waals surface area contributed by atoms with Crippen LogP contribution in [0.5, 0.6) is 0 Å². The lowest BCUT2D eigenvalue weighted by molar-refractivity contribution is -0.115. The molecule has 1 amide bonds. The van der Waals surface area contributed by atoms with Crippen LogP contribution in [-0.2, 0) is 4.79 Å². The summed E-state index contributed by atoms with van der Waals surface area (Å²) in [4.78, 5) is 11.9. The number of nitrogens with one attached hydrogen (secondary N) is 2. The lowest BCUT2D eigenvalue weighted by Gasteiger charge is -2.13. The molecule has 0 aromatic heterocycles. The first kappa shape index (κ1) is 16.8. The highest BCUT2D eigenvalue weighted by Gasteiger charge is 2.06. The zero-order valence-corrected chi connectivity index (χ0v) is 13.7. The molecule has 23 heavy (non-hydrogen) atoms. The molecule has 2 N–H and O–H groups in total. The Hall–Kier alpha value is -2.53. The van der Waals surface area contributed by atoms with Gasteiger partial charge >= 0.3 is 0 Å². The van der Waals surface area contributed by atoms with Crippen LogP contribution < -0.4 is 10.6 Å². The van der Waals surface area contributed by atoms with Crippen LogP contribution in [0, 0.1) is 19.7 Å². The van der Waals surface area contributed by atoms with Crippen molar-refractivity contribution in [3.63, 3.8) is 0 Å². The highest BCUT2D eigenvalue weighted by atomic mass is 32.1. The van der Waals surface area contributed by atoms with E-state index in [-0.39, 0.29) is 16.8 Å². The van der Waals surface area contributed by atoms with Crippen LogP contribution in [0.15, 0.2) is 48.5 Å². The predicted molar refractivity (Wildman–Crippen MR) is 95.7 cm³/mol. The summed E-state index contributed by atoms with van der Waals surface area (Å²) in [7, 11) is 0. The molecule has 0 aliphatic rings. The Morgan fingerprint density at radius 3 is 2.30 bits per heavy atom. The van der Waals surface area contributed by atoms with Gasteiger partial charge in [-0.1, -0.05) is 30.3 Å². The van der Waals surface area contributed by atoms with Gasteiger partial charge in [0.1, 0.15) is 5.82 Å². The Kier molecular flexibility index (Phi) is 5.60. The Bertz CT molecular complexity index is 734. The van der Waals surface area contributed by atoms with Gasteiger partial charge in [-0.25, -0.2) is 4.39 Å². The minimum absolute atomic E-state index is 0.233. The monoisotopic (exact) mass is 328 g/mol. The highest BCUT2D eigenvalue weighted by Crippen LogP contribution is 2.19. The zero-order valence-electron chi connectivity index (χ0n) is 12.9. The van der Waals surface area contributed by atoms with Gasteiger partial charge in [-0.3, -0.25) is 10.1 Å². The van der Waals surface area contributed by atoms with Crippen molar-refractivity contribution in [1.29, 1.82) is 0 Å². The predicted octanol–water partition coefficient (Wildman–Crippen LogP) is 3.97. The number of halogens is 1. The SMILES string of the molecule is Cc1cccc(C)c1NC(=S)NC(=O)C=Cc1ccc(F)cc1. The van der Waals surface area contributed by atoms with Crippen molar-refractivity contribution in [2.75, 3.05) is 5.32 Å². The maximum absolute atomic E-state index is 12.8. The third kappa shape index (κ3) is 5.00. The Balaban J connectivity index is 1.95. The van der Waals surface area contributed by atoms with Gasteiger partial charge in [0.15, 0.2) is 5.11 Å². The number of para-hydroxylation sites is 1. The third-order valence-corrected chi connectivity index (χ3v) is 3.46. The van der Waals surface area contributed by atoms with E-state index in [0.717, 1.165) is 22.4 Å². The number of thiocarbonyl (C=S) groups is 1. The van der Waals surface area contributed by atoms with E-state index < -0.39 is 0 Å². The summed E-state index contributed by atoms with van der Waals surface area (Å²) in [5, 5.41) is 5.85. The molecule has 0 unspecified atom stereocenters. The van der Waals surface area contributed by atoms with Crippen LogP contribution in [0.25, 0.3) is 6.08 Å². The van der Waals surface area contributed by atoms with E-state index in [1.54, 1.807) is 18.2 Å². The van der Waals surface area contributed by atoms with Gasteiger partial charge in [-0.2, -0.15) is 0 Å². The molecule has 2 aromatic carbocycles. The number of hydrogen-bond donors (Lipinski definition) is 2. The van der Waals surface area contributed by atoms with Crippen LogP contribution in [0.2, 0.25) is 0 Å². The molecule has 0 saturated heterocycles. The standard InChI is InChI=1S/C18H17FN2OS/c1-12-4-3-5-13(2)17(12)21-18(23)20-16(22)11-8-14-6-9-15(19)10-7-14/h3-11H,1-2H3,(H2,20,21,22,23). The fourth-order valence-corrected chi connectivity index (χ4v) is 2.26. The van der Waals surface area contributed by atoms with Crippen LogP contribution in [0.1, 0.15) is 16.7 Å². The van der Waals surface area contributed by atoms with Gasteiger partial charge < -0.3 is 5.32 Å². The molecule has 0 saturated carbocycles. The molecule has 0 fully saturated rings. The van der Waals surface area contributed by atoms with Crippen molar-refractivity contribution in [3.05, 3.63) is 71.0 Å². The minimum Gasteiger partial charge on any atom is -0.332 e. The zero-order chi connectivity index (χ0) is 16.8. The molecule has 0 radical (unpaired) electrons. The first-order valence-corrected chi connectivity index (χ1v) is 7.48. The van der Waals surface area contributed by atoms with Crippen molar-refractivity contribution in [1.82, 2.24) is 5.32 Å². The average molecular weight is 328 g/mol. The molecule has 2 rings (SSSR count). The van der Waals surface area contributed by atoms with Crippen molar-refractivity contribution >= 4 is 35.0 Å². The first-order chi connectivity index (χ1) is 11.0. The molecule has 0 spiro atoms. The van der Waals surface area contributed by atoms with Crippen LogP contribution in [-0.4, -0.2) is 11.0 Å². The van der Waals surface area contributed by atoms with E-state index in [2.05, 4.69) is 10.6 Å². The maximum Gasteiger partial charge on any atom is 0.250 e. The smallest absolute Gasteiger partial charge is 0.250 e. The first-order valence-electron chi connectivity index (χ1n) is 7.07. The average Bonchev–Trinajstić information content (AvgIpc) is 2.50. The third-order valence-electron chi connectivity index (χ3n) is 3.25. The van der Waals surface area contributed by atoms with Crippen LogP contribution in [0.4, 0.5) is 10.1 Å². The lowest BCUT2D eigenvalue weighted by Crippen LogP contribution is -2.33. The number of aryl methyl sites for hydroxylation is 2. The Morgan fingerprint density at radius 2 is 1.70 bits per heavy atom. The summed E-state index contributed by atoms with van der Waals surface area (Å²) in [6, 6.07) is 11.7. The van der Waals surface area contributed by atoms with E-state index in [1.165, 1.54) is 18.2 Å². The quantitative estimate of drug-likeness (QED) is 0.662. The molecular weight excluding hydrogens is 311 g/mol. The molecule has 2 aromatic rings. The summed E-state index contributed by atoms with van der Waals surface area (Å²) < 4.78 is 12.8. The molecule has 0 aliphatic heterocycles. The van der Waals surface area contributed by atoms with E-state index in [9.17, 15) is 9.18 Å². The second-order valence-corrected chi connectivity index (χ2v) is 5.50. The molecular formula is C18H17FN2OS. The number of benzene rings is 2. The van der Waals surface area contributed by atoms with Crippen molar-refractivity contribution in [3.8, 4) is 0 Å². The van der Waals surface area contributed by atoms with Crippen molar-refractivity contribution in [2.24, 2.45) is 0 Å². The molecule has 0 aliphatic carbocycles. The van der Waals surface area contributed by atoms with Crippen molar-refractivity contribution < 1.29 is 9.18 Å². The minimum atomic E-state index is -0.349. The van der Waals surface area contributed by atoms with E-state index in [4.69, 9.17) is 12.2 Å². The highest BCUT2D eigenvalue weighted by molar-refractivity contribution is 7.80. The van der Waals surface area contributed by atoms with E-state index in [1.807, 2.05) is 32.0 Å². The number of carbonyl (C=O) groups is 1. The normalized spacial score (nSPS) is 10.6. The molecule has 0 heterocycles. The van der Waals surface area contributed by atoms with Crippen LogP contribution in [0.3, 0.4) is 0 Å². The topological polar surface area (TPSA) is 41.1 Å². The summed E-state index contributed by atoms with van der Waals surface area (Å²) in [6.07, 6.45) is 2.95. The van der Waals surface area contributed by atoms with E-state index in [0.29, 0.717) is 0 Å². The Labute approximate surface area is 140 Å². The maximum atomic E-state index is 12.8. The fourth-order valence-electron chi connectivity index (χ4n) is 2.06.